The number of hydrogen-bond donors (Lipinski definition) is 0. The normalized spacial score (nSPS) is 10.0. The van der Waals surface area contributed by atoms with Gasteiger partial charge in [-0.15, -0.1) is 0 Å². The fraction of sp³-hybridized carbons (Fsp3) is 0.0952. The molecule has 0 aliphatic rings. The van der Waals surface area contributed by atoms with Gasteiger partial charge in [0.05, 0.1) is 152 Å². The van der Waals surface area contributed by atoms with E-state index in [0.717, 1.165) is 112 Å². The van der Waals surface area contributed by atoms with Crippen LogP contribution in [-0.4, -0.2) is 95.3 Å². The third-order valence-corrected chi connectivity index (χ3v) is 22.5. The van der Waals surface area contributed by atoms with Gasteiger partial charge in [0.15, 0.2) is 0 Å². The van der Waals surface area contributed by atoms with E-state index in [1.165, 1.54) is 0 Å². The summed E-state index contributed by atoms with van der Waals surface area (Å²) in [4.78, 5) is 9.41. The highest BCUT2D eigenvalue weighted by molar-refractivity contribution is 5.74. The van der Waals surface area contributed by atoms with E-state index in [1.54, 1.807) is 97.7 Å². The summed E-state index contributed by atoms with van der Waals surface area (Å²) in [6.45, 7) is 0. The summed E-state index contributed by atoms with van der Waals surface area (Å²) in [6.07, 6.45) is 3.42. The summed E-state index contributed by atoms with van der Waals surface area (Å²) < 4.78 is 68.3. The van der Waals surface area contributed by atoms with Crippen molar-refractivity contribution >= 4 is 0 Å². The second kappa shape index (κ2) is 45.3. The number of rotatable bonds is 17. The highest BCUT2D eigenvalue weighted by Gasteiger charge is 2.17. The molecule has 0 amide bonds. The van der Waals surface area contributed by atoms with Gasteiger partial charge in [-0.25, -0.2) is 0 Å². The second-order valence-electron chi connectivity index (χ2n) is 31.1. The molecule has 0 spiro atoms. The van der Waals surface area contributed by atoms with E-state index in [-0.39, 0.29) is 0 Å². The zero-order valence-corrected chi connectivity index (χ0v) is 78.8. The molecule has 2 heterocycles. The van der Waals surface area contributed by atoms with E-state index in [9.17, 15) is 0 Å². The molecular weight excluding hydrogens is 1730 g/mol. The highest BCUT2D eigenvalue weighted by atomic mass is 16.5. The van der Waals surface area contributed by atoms with Gasteiger partial charge in [0.1, 0.15) is 69.0 Å². The van der Waals surface area contributed by atoms with E-state index in [0.29, 0.717) is 125 Å². The molecule has 0 saturated heterocycles. The third-order valence-electron chi connectivity index (χ3n) is 22.5. The van der Waals surface area contributed by atoms with Gasteiger partial charge in [0.2, 0.25) is 0 Å². The van der Waals surface area contributed by atoms with Crippen LogP contribution < -0.4 is 56.8 Å². The molecule has 0 unspecified atom stereocenters. The van der Waals surface area contributed by atoms with Gasteiger partial charge in [-0.3, -0.25) is 9.97 Å². The highest BCUT2D eigenvalue weighted by Crippen LogP contribution is 2.36. The van der Waals surface area contributed by atoms with Crippen LogP contribution in [0.1, 0.15) is 111 Å². The van der Waals surface area contributed by atoms with Crippen LogP contribution in [0.2, 0.25) is 0 Å². The summed E-state index contributed by atoms with van der Waals surface area (Å²) in [5.74, 6) is 72.6. The van der Waals surface area contributed by atoms with Crippen molar-refractivity contribution in [2.24, 2.45) is 0 Å². The van der Waals surface area contributed by atoms with E-state index >= 15 is 0 Å². The first-order valence-electron chi connectivity index (χ1n) is 44.1. The van der Waals surface area contributed by atoms with Gasteiger partial charge in [-0.05, 0) is 202 Å². The van der Waals surface area contributed by atoms with Gasteiger partial charge in [-0.1, -0.05) is 215 Å². The van der Waals surface area contributed by atoms with Crippen LogP contribution in [0.5, 0.6) is 69.0 Å². The molecule has 0 fully saturated rings. The molecule has 0 aliphatic heterocycles. The first kappa shape index (κ1) is 93.8. The van der Waals surface area contributed by atoms with Crippen molar-refractivity contribution in [2.45, 2.75) is 0 Å². The Kier molecular flexibility index (Phi) is 30.4. The predicted octanol–water partition coefficient (Wildman–Crippen LogP) is 22.9. The summed E-state index contributed by atoms with van der Waals surface area (Å²) in [5.41, 5.74) is 24.6. The summed E-state index contributed by atoms with van der Waals surface area (Å²) in [6, 6.07) is 98.2. The van der Waals surface area contributed by atoms with E-state index in [1.807, 2.05) is 255 Å². The smallest absolute Gasteiger partial charge is 0.136 e. The number of hydrogen-bond acceptors (Lipinski definition) is 14. The maximum atomic E-state index is 5.84. The number of ether oxygens (including phenoxy) is 12. The fourth-order valence-corrected chi connectivity index (χ4v) is 14.8. The van der Waals surface area contributed by atoms with Crippen molar-refractivity contribution in [1.29, 1.82) is 0 Å². The molecule has 14 heteroatoms. The number of aromatic nitrogens is 2. The van der Waals surface area contributed by atoms with Gasteiger partial charge in [0.25, 0.3) is 0 Å². The monoisotopic (exact) mass is 1820 g/mol. The Morgan fingerprint density at radius 3 is 0.429 bits per heavy atom. The van der Waals surface area contributed by atoms with Gasteiger partial charge >= 0.3 is 0 Å². The molecule has 16 rings (SSSR count). The molecule has 674 valence electrons. The lowest BCUT2D eigenvalue weighted by atomic mass is 10.0. The Labute approximate surface area is 817 Å². The van der Waals surface area contributed by atoms with Gasteiger partial charge in [0, 0.05) is 117 Å². The summed E-state index contributed by atoms with van der Waals surface area (Å²) in [7, 11) is 19.4. The molecule has 0 bridgehead atoms. The number of nitrogens with zero attached hydrogens (tertiary/aromatic N) is 2. The summed E-state index contributed by atoms with van der Waals surface area (Å²) in [5, 5.41) is 0. The van der Waals surface area contributed by atoms with Crippen LogP contribution in [0.15, 0.2) is 316 Å². The van der Waals surface area contributed by atoms with Crippen LogP contribution in [0, 0.1) is 118 Å². The second-order valence-corrected chi connectivity index (χ2v) is 31.1. The lowest BCUT2D eigenvalue weighted by Crippen LogP contribution is -1.94. The van der Waals surface area contributed by atoms with Crippen LogP contribution >= 0.6 is 0 Å². The largest absolute Gasteiger partial charge is 0.497 e. The molecule has 14 aromatic carbocycles. The molecule has 0 atom stereocenters. The van der Waals surface area contributed by atoms with Crippen molar-refractivity contribution in [2.75, 3.05) is 85.3 Å². The molecule has 14 nitrogen and oxygen atoms in total. The van der Waals surface area contributed by atoms with E-state index < -0.39 is 0 Å². The minimum atomic E-state index is 0.545. The maximum Gasteiger partial charge on any atom is 0.136 e. The van der Waals surface area contributed by atoms with E-state index in [2.05, 4.69) is 167 Å². The Hall–Kier alpha value is -19.4. The Bertz CT molecular complexity index is 7470. The predicted molar refractivity (Wildman–Crippen MR) is 552 cm³/mol. The number of methoxy groups -OCH3 is 12. The fourth-order valence-electron chi connectivity index (χ4n) is 14.8. The Morgan fingerprint density at radius 1 is 0.136 bits per heavy atom. The quantitative estimate of drug-likeness (QED) is 0.0800. The van der Waals surface area contributed by atoms with Crippen molar-refractivity contribution in [3.63, 3.8) is 0 Å². The molecule has 0 aliphatic carbocycles. The molecule has 0 saturated carbocycles. The molecule has 2 aromatic heterocycles. The molecular formula is C126H88N2O12. The minimum absolute atomic E-state index is 0.545. The molecule has 0 radical (unpaired) electrons. The standard InChI is InChI=1S/C126H88N2O12/c1-129-113-67-71-117(131-3)103(73-113)57-29-85-13-41-95(42-14-85)97-45-17-87(18-46-97)31-59-105-75-121(135-7)107(77-119(105)133-5)61-33-89-21-49-99(50-22-89)101-53-25-91(26-54-101)35-63-109-79-125(139-11)111(81-123(109)137-9)65-37-93-39-69-115(127-83-93)116-70-40-94(84-128-116)38-66-112-82-124(138-10)110(80-126(112)140-12)64-36-92-27-55-102(56-28-92)100-51-23-90(24-52-100)34-62-108-78-120(134-6)106(76-122(108)136-8)60-32-88-19-47-98(48-20-88)96-43-15-86(16-44-96)30-58-104-74-114(130-2)68-72-118(104)132-4/h13-28,39-56,67-84H,1-12H3. The van der Waals surface area contributed by atoms with Gasteiger partial charge in [-0.2, -0.15) is 0 Å². The SMILES string of the molecule is COc1ccc(OC)c(C#Cc2ccc(-c3ccc(C#Cc4cc(OC)c(C#Cc5ccc(-c6ccc(C#Cc7cc(OC)c(C#Cc8ccc(-c9ccc(C#Cc%10cc(OC)c(C#Cc%11ccc(-c%12ccc(C#Cc%13cc(OC)c(C#Cc%14ccc(-c%15ccc(C#Cc%16cc(OC)ccc%16OC)cc%15)cc%14)cc%13OC)cc%12)cc%11)cc%10OC)cn9)nc8)cc7OC)cc6)cc5)cc4OC)cc3)cc2)c1. The van der Waals surface area contributed by atoms with Crippen LogP contribution in [0.25, 0.3) is 55.9 Å². The lowest BCUT2D eigenvalue weighted by molar-refractivity contribution is 0.401. The molecule has 0 N–H and O–H groups in total. The third kappa shape index (κ3) is 23.4. The molecule has 140 heavy (non-hydrogen) atoms. The van der Waals surface area contributed by atoms with Crippen molar-refractivity contribution < 1.29 is 56.8 Å². The minimum Gasteiger partial charge on any atom is -0.497 e. The van der Waals surface area contributed by atoms with E-state index in [4.69, 9.17) is 66.8 Å². The Morgan fingerprint density at radius 2 is 0.286 bits per heavy atom. The summed E-state index contributed by atoms with van der Waals surface area (Å²) >= 11 is 0. The topological polar surface area (TPSA) is 137 Å². The van der Waals surface area contributed by atoms with Crippen molar-refractivity contribution in [3.05, 3.63) is 427 Å². The van der Waals surface area contributed by atoms with Crippen molar-refractivity contribution in [3.8, 4) is 243 Å². The Balaban J connectivity index is 0.496. The zero-order chi connectivity index (χ0) is 97.1. The van der Waals surface area contributed by atoms with Gasteiger partial charge < -0.3 is 56.8 Å². The lowest BCUT2D eigenvalue weighted by Gasteiger charge is -2.09. The van der Waals surface area contributed by atoms with Crippen molar-refractivity contribution in [1.82, 2.24) is 9.97 Å². The average Bonchev–Trinajstić information content (AvgIpc) is 0.847. The maximum absolute atomic E-state index is 5.84. The number of pyridine rings is 2. The van der Waals surface area contributed by atoms with Crippen LogP contribution in [0.3, 0.4) is 0 Å². The molecule has 16 aromatic rings. The zero-order valence-electron chi connectivity index (χ0n) is 78.8. The number of benzene rings is 14. The average molecular weight is 1820 g/mol. The first-order chi connectivity index (χ1) is 68.7. The van der Waals surface area contributed by atoms with Crippen LogP contribution in [-0.2, 0) is 0 Å². The first-order valence-corrected chi connectivity index (χ1v) is 44.1. The van der Waals surface area contributed by atoms with Crippen LogP contribution in [0.4, 0.5) is 0 Å².